The maximum Gasteiger partial charge on any atom is 0.152 e. The maximum atomic E-state index is 4.55. The van der Waals surface area contributed by atoms with Crippen LogP contribution in [0.3, 0.4) is 0 Å². The number of benzene rings is 2. The third-order valence-corrected chi connectivity index (χ3v) is 3.51. The number of hydrogen-bond donors (Lipinski definition) is 0. The predicted octanol–water partition coefficient (Wildman–Crippen LogP) is 4.09. The van der Waals surface area contributed by atoms with Gasteiger partial charge < -0.3 is 4.57 Å². The van der Waals surface area contributed by atoms with E-state index in [2.05, 4.69) is 32.0 Å². The van der Waals surface area contributed by atoms with E-state index in [-0.39, 0.29) is 0 Å². The number of nitrogens with zero attached hydrogens (tertiary/aromatic N) is 3. The molecule has 0 amide bonds. The molecule has 0 N–H and O–H groups in total. The van der Waals surface area contributed by atoms with Crippen LogP contribution >= 0.6 is 15.9 Å². The van der Waals surface area contributed by atoms with Gasteiger partial charge >= 0.3 is 0 Å². The van der Waals surface area contributed by atoms with Crippen molar-refractivity contribution in [1.82, 2.24) is 9.55 Å². The number of imidazole rings is 1. The highest BCUT2D eigenvalue weighted by Crippen LogP contribution is 2.17. The lowest BCUT2D eigenvalue weighted by Crippen LogP contribution is -1.95. The van der Waals surface area contributed by atoms with Crippen molar-refractivity contribution in [1.29, 1.82) is 0 Å². The van der Waals surface area contributed by atoms with E-state index in [1.807, 2.05) is 54.1 Å². The Balaban J connectivity index is 1.97. The highest BCUT2D eigenvalue weighted by atomic mass is 79.9. The molecule has 0 atom stereocenters. The molecule has 0 bridgehead atoms. The van der Waals surface area contributed by atoms with Gasteiger partial charge in [0.05, 0.1) is 22.9 Å². The highest BCUT2D eigenvalue weighted by molar-refractivity contribution is 9.10. The maximum absolute atomic E-state index is 4.55. The van der Waals surface area contributed by atoms with Gasteiger partial charge in [0.15, 0.2) is 5.82 Å². The number of halogens is 1. The van der Waals surface area contributed by atoms with Crippen molar-refractivity contribution < 1.29 is 0 Å². The highest BCUT2D eigenvalue weighted by Gasteiger charge is 2.04. The second-order valence-corrected chi connectivity index (χ2v) is 5.17. The van der Waals surface area contributed by atoms with Gasteiger partial charge in [-0.2, -0.15) is 0 Å². The second-order valence-electron chi connectivity index (χ2n) is 4.25. The molecule has 0 aliphatic rings. The van der Waals surface area contributed by atoms with E-state index in [1.165, 1.54) is 0 Å². The molecule has 94 valence electrons. The molecule has 0 fully saturated rings. The van der Waals surface area contributed by atoms with Crippen LogP contribution in [0.25, 0.3) is 11.0 Å². The van der Waals surface area contributed by atoms with Gasteiger partial charge in [0.2, 0.25) is 0 Å². The quantitative estimate of drug-likeness (QED) is 0.655. The number of hydrogen-bond acceptors (Lipinski definition) is 2. The lowest BCUT2D eigenvalue weighted by Gasteiger charge is -1.96. The Morgan fingerprint density at radius 1 is 1.11 bits per heavy atom. The monoisotopic (exact) mass is 313 g/mol. The summed E-state index contributed by atoms with van der Waals surface area (Å²) in [5.41, 5.74) is 3.01. The minimum Gasteiger partial charge on any atom is -0.326 e. The first-order chi connectivity index (χ1) is 9.24. The van der Waals surface area contributed by atoms with Crippen LogP contribution in [0, 0.1) is 0 Å². The van der Waals surface area contributed by atoms with Crippen LogP contribution in [0.15, 0.2) is 58.0 Å². The van der Waals surface area contributed by atoms with Crippen molar-refractivity contribution in [3.8, 4) is 0 Å². The molecule has 1 aromatic heterocycles. The van der Waals surface area contributed by atoms with Gasteiger partial charge in [0, 0.05) is 11.5 Å². The largest absolute Gasteiger partial charge is 0.326 e. The number of rotatable bonds is 2. The van der Waals surface area contributed by atoms with E-state index in [9.17, 15) is 0 Å². The Kier molecular flexibility index (Phi) is 3.17. The molecule has 3 rings (SSSR count). The molecule has 3 aromatic rings. The summed E-state index contributed by atoms with van der Waals surface area (Å²) < 4.78 is 3.09. The van der Waals surface area contributed by atoms with Crippen LogP contribution in [0.5, 0.6) is 0 Å². The smallest absolute Gasteiger partial charge is 0.152 e. The summed E-state index contributed by atoms with van der Waals surface area (Å²) in [7, 11) is 2.00. The van der Waals surface area contributed by atoms with Crippen LogP contribution in [0.4, 0.5) is 5.69 Å². The lowest BCUT2D eigenvalue weighted by atomic mass is 10.3. The van der Waals surface area contributed by atoms with Crippen LogP contribution in [0.1, 0.15) is 5.82 Å². The van der Waals surface area contributed by atoms with Gasteiger partial charge in [-0.05, 0) is 36.4 Å². The summed E-state index contributed by atoms with van der Waals surface area (Å²) >= 11 is 3.41. The van der Waals surface area contributed by atoms with Crippen molar-refractivity contribution in [3.63, 3.8) is 0 Å². The molecule has 0 aliphatic carbocycles. The number of aliphatic imine (C=N–C) groups is 1. The summed E-state index contributed by atoms with van der Waals surface area (Å²) in [6, 6.07) is 15.9. The summed E-state index contributed by atoms with van der Waals surface area (Å²) in [6.07, 6.45) is 1.79. The van der Waals surface area contributed by atoms with Gasteiger partial charge in [-0.1, -0.05) is 28.1 Å². The molecule has 0 unspecified atom stereocenters. The molecule has 0 saturated carbocycles. The van der Waals surface area contributed by atoms with Gasteiger partial charge in [-0.25, -0.2) is 4.98 Å². The van der Waals surface area contributed by atoms with Crippen LogP contribution in [-0.4, -0.2) is 15.8 Å². The van der Waals surface area contributed by atoms with E-state index >= 15 is 0 Å². The number of aryl methyl sites for hydroxylation is 1. The van der Waals surface area contributed by atoms with E-state index in [4.69, 9.17) is 0 Å². The van der Waals surface area contributed by atoms with E-state index in [0.717, 1.165) is 27.0 Å². The van der Waals surface area contributed by atoms with Crippen LogP contribution < -0.4 is 0 Å². The Bertz CT molecular complexity index is 742. The minimum atomic E-state index is 0.851. The van der Waals surface area contributed by atoms with Crippen molar-refractivity contribution in [3.05, 3.63) is 58.8 Å². The Hall–Kier alpha value is -1.94. The predicted molar refractivity (Wildman–Crippen MR) is 82.1 cm³/mol. The molecule has 3 nitrogen and oxygen atoms in total. The second kappa shape index (κ2) is 4.97. The van der Waals surface area contributed by atoms with Crippen molar-refractivity contribution >= 4 is 38.9 Å². The van der Waals surface area contributed by atoms with Gasteiger partial charge in [0.25, 0.3) is 0 Å². The molecule has 0 aliphatic heterocycles. The molecule has 1 heterocycles. The fourth-order valence-corrected chi connectivity index (χ4v) is 2.20. The van der Waals surface area contributed by atoms with Crippen molar-refractivity contribution in [2.24, 2.45) is 12.0 Å². The minimum absolute atomic E-state index is 0.851. The molecule has 2 aromatic carbocycles. The lowest BCUT2D eigenvalue weighted by molar-refractivity contribution is 0.935. The zero-order valence-corrected chi connectivity index (χ0v) is 12.0. The Labute approximate surface area is 119 Å². The average molecular weight is 314 g/mol. The van der Waals surface area contributed by atoms with E-state index < -0.39 is 0 Å². The van der Waals surface area contributed by atoms with Crippen LogP contribution in [-0.2, 0) is 7.05 Å². The first kappa shape index (κ1) is 12.1. The standard InChI is InChI=1S/C15H12BrN3/c1-19-14-5-3-2-4-13(14)18-15(19)10-17-12-8-6-11(16)7-9-12/h2-10H,1H3. The zero-order valence-electron chi connectivity index (χ0n) is 10.4. The number of fused-ring (bicyclic) bond motifs is 1. The average Bonchev–Trinajstić information content (AvgIpc) is 2.76. The van der Waals surface area contributed by atoms with Crippen LogP contribution in [0.2, 0.25) is 0 Å². The fraction of sp³-hybridized carbons (Fsp3) is 0.0667. The van der Waals surface area contributed by atoms with E-state index in [1.54, 1.807) is 6.21 Å². The number of para-hydroxylation sites is 2. The summed E-state index contributed by atoms with van der Waals surface area (Å²) in [5.74, 6) is 0.851. The zero-order chi connectivity index (χ0) is 13.2. The van der Waals surface area contributed by atoms with E-state index in [0.29, 0.717) is 0 Å². The summed E-state index contributed by atoms with van der Waals surface area (Å²) in [4.78, 5) is 8.99. The molecular formula is C15H12BrN3. The first-order valence-corrected chi connectivity index (χ1v) is 6.74. The Morgan fingerprint density at radius 3 is 2.58 bits per heavy atom. The van der Waals surface area contributed by atoms with Crippen molar-refractivity contribution in [2.45, 2.75) is 0 Å². The van der Waals surface area contributed by atoms with Gasteiger partial charge in [-0.15, -0.1) is 0 Å². The van der Waals surface area contributed by atoms with Gasteiger partial charge in [-0.3, -0.25) is 4.99 Å². The molecular weight excluding hydrogens is 302 g/mol. The third-order valence-electron chi connectivity index (χ3n) is 2.98. The molecule has 0 radical (unpaired) electrons. The topological polar surface area (TPSA) is 30.2 Å². The summed E-state index contributed by atoms with van der Waals surface area (Å²) in [5, 5.41) is 0. The molecule has 0 saturated heterocycles. The fourth-order valence-electron chi connectivity index (χ4n) is 1.94. The van der Waals surface area contributed by atoms with Gasteiger partial charge in [0.1, 0.15) is 0 Å². The summed E-state index contributed by atoms with van der Waals surface area (Å²) in [6.45, 7) is 0. The Morgan fingerprint density at radius 2 is 1.84 bits per heavy atom. The first-order valence-electron chi connectivity index (χ1n) is 5.95. The van der Waals surface area contributed by atoms with Crippen molar-refractivity contribution in [2.75, 3.05) is 0 Å². The normalized spacial score (nSPS) is 11.5. The molecule has 19 heavy (non-hydrogen) atoms. The third kappa shape index (κ3) is 2.44. The molecule has 0 spiro atoms. The SMILES string of the molecule is Cn1c(C=Nc2ccc(Br)cc2)nc2ccccc21. The number of aromatic nitrogens is 2. The molecule has 4 heteroatoms.